The van der Waals surface area contributed by atoms with E-state index in [0.29, 0.717) is 0 Å². The van der Waals surface area contributed by atoms with Crippen LogP contribution in [0.25, 0.3) is 10.9 Å². The molecule has 1 aromatic carbocycles. The third kappa shape index (κ3) is 1.75. The molecule has 0 radical (unpaired) electrons. The SMILES string of the molecule is Fc1cc2nc(Cl)c(Cl)c(Cl)c2cc1F. The molecule has 0 unspecified atom stereocenters. The lowest BCUT2D eigenvalue weighted by molar-refractivity contribution is 0.510. The first-order chi connectivity index (χ1) is 7.00. The lowest BCUT2D eigenvalue weighted by atomic mass is 10.2. The lowest BCUT2D eigenvalue weighted by Gasteiger charge is -2.04. The minimum absolute atomic E-state index is 0.0249. The second-order valence-corrected chi connectivity index (χ2v) is 3.93. The molecule has 0 saturated carbocycles. The normalized spacial score (nSPS) is 11.0. The highest BCUT2D eigenvalue weighted by atomic mass is 35.5. The Morgan fingerprint density at radius 3 is 2.20 bits per heavy atom. The number of halogens is 5. The predicted molar refractivity (Wildman–Crippen MR) is 56.7 cm³/mol. The summed E-state index contributed by atoms with van der Waals surface area (Å²) >= 11 is 17.2. The van der Waals surface area contributed by atoms with Crippen molar-refractivity contribution in [1.82, 2.24) is 4.98 Å². The molecule has 0 N–H and O–H groups in total. The summed E-state index contributed by atoms with van der Waals surface area (Å²) in [5.41, 5.74) is 0.160. The zero-order chi connectivity index (χ0) is 11.2. The van der Waals surface area contributed by atoms with E-state index in [1.54, 1.807) is 0 Å². The Morgan fingerprint density at radius 1 is 0.933 bits per heavy atom. The minimum atomic E-state index is -1.01. The molecule has 0 fully saturated rings. The van der Waals surface area contributed by atoms with Gasteiger partial charge in [-0.15, -0.1) is 0 Å². The van der Waals surface area contributed by atoms with Crippen molar-refractivity contribution in [3.8, 4) is 0 Å². The van der Waals surface area contributed by atoms with Gasteiger partial charge >= 0.3 is 0 Å². The number of fused-ring (bicyclic) bond motifs is 1. The number of benzene rings is 1. The molecule has 0 atom stereocenters. The Balaban J connectivity index is 2.93. The quantitative estimate of drug-likeness (QED) is 0.642. The summed E-state index contributed by atoms with van der Waals surface area (Å²) in [7, 11) is 0. The van der Waals surface area contributed by atoms with Crippen LogP contribution in [0.2, 0.25) is 15.2 Å². The first-order valence-corrected chi connectivity index (χ1v) is 4.93. The molecule has 15 heavy (non-hydrogen) atoms. The largest absolute Gasteiger partial charge is 0.234 e. The van der Waals surface area contributed by atoms with E-state index in [1.165, 1.54) is 0 Å². The van der Waals surface area contributed by atoms with Crippen molar-refractivity contribution in [3.63, 3.8) is 0 Å². The van der Waals surface area contributed by atoms with Crippen LogP contribution in [0.15, 0.2) is 12.1 Å². The van der Waals surface area contributed by atoms with Gasteiger partial charge in [0, 0.05) is 11.5 Å². The van der Waals surface area contributed by atoms with Gasteiger partial charge in [0.1, 0.15) is 5.15 Å². The number of hydrogen-bond acceptors (Lipinski definition) is 1. The lowest BCUT2D eigenvalue weighted by Crippen LogP contribution is -1.89. The number of rotatable bonds is 0. The van der Waals surface area contributed by atoms with Gasteiger partial charge < -0.3 is 0 Å². The maximum atomic E-state index is 12.9. The zero-order valence-electron chi connectivity index (χ0n) is 6.99. The van der Waals surface area contributed by atoms with Crippen molar-refractivity contribution < 1.29 is 8.78 Å². The summed E-state index contributed by atoms with van der Waals surface area (Å²) in [5, 5.41) is 0.271. The first kappa shape index (κ1) is 10.9. The molecule has 0 spiro atoms. The van der Waals surface area contributed by atoms with Gasteiger partial charge in [0.2, 0.25) is 0 Å². The average molecular weight is 268 g/mol. The summed E-state index contributed by atoms with van der Waals surface area (Å²) in [6.45, 7) is 0. The van der Waals surface area contributed by atoms with Gasteiger partial charge in [-0.1, -0.05) is 34.8 Å². The van der Waals surface area contributed by atoms with E-state index in [1.807, 2.05) is 0 Å². The predicted octanol–water partition coefficient (Wildman–Crippen LogP) is 4.47. The zero-order valence-corrected chi connectivity index (χ0v) is 9.26. The maximum Gasteiger partial charge on any atom is 0.161 e. The summed E-state index contributed by atoms with van der Waals surface area (Å²) in [5.74, 6) is -2.02. The van der Waals surface area contributed by atoms with Crippen molar-refractivity contribution in [3.05, 3.63) is 39.0 Å². The Kier molecular flexibility index (Phi) is 2.71. The molecule has 6 heteroatoms. The molecular weight excluding hydrogens is 266 g/mol. The first-order valence-electron chi connectivity index (χ1n) is 3.80. The van der Waals surface area contributed by atoms with Gasteiger partial charge in [0.25, 0.3) is 0 Å². The van der Waals surface area contributed by atoms with Crippen LogP contribution in [0, 0.1) is 11.6 Å². The second kappa shape index (κ2) is 3.74. The molecule has 0 aliphatic carbocycles. The van der Waals surface area contributed by atoms with E-state index in [4.69, 9.17) is 34.8 Å². The van der Waals surface area contributed by atoms with Gasteiger partial charge in [-0.3, -0.25) is 0 Å². The number of aromatic nitrogens is 1. The van der Waals surface area contributed by atoms with Crippen LogP contribution in [0.1, 0.15) is 0 Å². The van der Waals surface area contributed by atoms with Crippen LogP contribution in [-0.4, -0.2) is 4.98 Å². The van der Waals surface area contributed by atoms with Crippen LogP contribution < -0.4 is 0 Å². The van der Waals surface area contributed by atoms with Gasteiger partial charge in [-0.2, -0.15) is 0 Å². The standard InChI is InChI=1S/C9H2Cl3F2N/c10-7-3-1-4(13)5(14)2-6(3)15-9(12)8(7)11/h1-2H. The van der Waals surface area contributed by atoms with E-state index in [0.717, 1.165) is 12.1 Å². The van der Waals surface area contributed by atoms with Crippen LogP contribution in [-0.2, 0) is 0 Å². The molecule has 0 bridgehead atoms. The molecule has 1 heterocycles. The molecule has 0 aliphatic heterocycles. The fraction of sp³-hybridized carbons (Fsp3) is 0. The summed E-state index contributed by atoms with van der Waals surface area (Å²) in [4.78, 5) is 3.78. The molecule has 78 valence electrons. The van der Waals surface area contributed by atoms with Gasteiger partial charge in [-0.05, 0) is 6.07 Å². The molecule has 1 nitrogen and oxygen atoms in total. The molecule has 0 saturated heterocycles. The Labute approximate surface area is 98.6 Å². The third-order valence-electron chi connectivity index (χ3n) is 1.87. The smallest absolute Gasteiger partial charge is 0.161 e. The van der Waals surface area contributed by atoms with E-state index in [-0.39, 0.29) is 26.1 Å². The van der Waals surface area contributed by atoms with E-state index >= 15 is 0 Å². The van der Waals surface area contributed by atoms with Gasteiger partial charge in [-0.25, -0.2) is 13.8 Å². The Bertz CT molecular complexity index is 552. The molecule has 1 aromatic heterocycles. The van der Waals surface area contributed by atoms with Crippen molar-refractivity contribution in [2.75, 3.05) is 0 Å². The second-order valence-electron chi connectivity index (χ2n) is 2.81. The summed E-state index contributed by atoms with van der Waals surface area (Å²) < 4.78 is 25.8. The van der Waals surface area contributed by atoms with Crippen molar-refractivity contribution in [2.24, 2.45) is 0 Å². The third-order valence-corrected chi connectivity index (χ3v) is 3.10. The van der Waals surface area contributed by atoms with Crippen LogP contribution in [0.5, 0.6) is 0 Å². The van der Waals surface area contributed by atoms with Crippen LogP contribution in [0.4, 0.5) is 8.78 Å². The van der Waals surface area contributed by atoms with Crippen molar-refractivity contribution in [1.29, 1.82) is 0 Å². The number of nitrogens with zero attached hydrogens (tertiary/aromatic N) is 1. The van der Waals surface area contributed by atoms with E-state index < -0.39 is 11.6 Å². The highest BCUT2D eigenvalue weighted by Gasteiger charge is 2.13. The highest BCUT2D eigenvalue weighted by Crippen LogP contribution is 2.35. The molecular formula is C9H2Cl3F2N. The monoisotopic (exact) mass is 267 g/mol. The van der Waals surface area contributed by atoms with Crippen molar-refractivity contribution in [2.45, 2.75) is 0 Å². The Morgan fingerprint density at radius 2 is 1.53 bits per heavy atom. The van der Waals surface area contributed by atoms with Gasteiger partial charge in [0.15, 0.2) is 11.6 Å². The number of hydrogen-bond donors (Lipinski definition) is 0. The highest BCUT2D eigenvalue weighted by molar-refractivity contribution is 6.49. The minimum Gasteiger partial charge on any atom is -0.234 e. The molecule has 0 amide bonds. The fourth-order valence-corrected chi connectivity index (χ4v) is 1.79. The Hall–Kier alpha value is -0.640. The maximum absolute atomic E-state index is 12.9. The van der Waals surface area contributed by atoms with E-state index in [2.05, 4.69) is 4.98 Å². The van der Waals surface area contributed by atoms with Crippen LogP contribution in [0.3, 0.4) is 0 Å². The summed E-state index contributed by atoms with van der Waals surface area (Å²) in [6, 6.07) is 1.85. The van der Waals surface area contributed by atoms with Crippen molar-refractivity contribution >= 4 is 45.7 Å². The summed E-state index contributed by atoms with van der Waals surface area (Å²) in [6.07, 6.45) is 0. The van der Waals surface area contributed by atoms with Gasteiger partial charge in [0.05, 0.1) is 15.6 Å². The molecule has 2 aromatic rings. The van der Waals surface area contributed by atoms with Crippen LogP contribution >= 0.6 is 34.8 Å². The molecule has 2 rings (SSSR count). The average Bonchev–Trinajstić information content (AvgIpc) is 2.19. The topological polar surface area (TPSA) is 12.9 Å². The molecule has 0 aliphatic rings. The number of pyridine rings is 1. The fourth-order valence-electron chi connectivity index (χ4n) is 1.17. The van der Waals surface area contributed by atoms with E-state index in [9.17, 15) is 8.78 Å².